The summed E-state index contributed by atoms with van der Waals surface area (Å²) in [6.45, 7) is 11.6. The van der Waals surface area contributed by atoms with Gasteiger partial charge in [-0.2, -0.15) is 0 Å². The number of rotatable bonds is 1. The first kappa shape index (κ1) is 16.6. The van der Waals surface area contributed by atoms with Gasteiger partial charge in [0.2, 0.25) is 0 Å². The van der Waals surface area contributed by atoms with Crippen LogP contribution in [0.25, 0.3) is 0 Å². The van der Waals surface area contributed by atoms with E-state index in [0.717, 1.165) is 0 Å². The Balaban J connectivity index is -0.000000109. The molecule has 0 heterocycles. The fourth-order valence-electron chi connectivity index (χ4n) is 0.203. The molecule has 0 saturated carbocycles. The molecule has 1 N–H and O–H groups in total. The van der Waals surface area contributed by atoms with Crippen molar-refractivity contribution in [3.05, 3.63) is 13.2 Å². The van der Waals surface area contributed by atoms with Crippen LogP contribution in [0.2, 0.25) is 0 Å². The van der Waals surface area contributed by atoms with Gasteiger partial charge in [-0.15, -0.1) is 13.2 Å². The molecule has 0 unspecified atom stereocenters. The molecule has 0 spiro atoms. The lowest BCUT2D eigenvalue weighted by Crippen LogP contribution is -1.95. The third kappa shape index (κ3) is 100. The van der Waals surface area contributed by atoms with E-state index in [1.54, 1.807) is 13.8 Å². The first-order chi connectivity index (χ1) is 5.18. The molecule has 0 aliphatic carbocycles. The van der Waals surface area contributed by atoms with Gasteiger partial charge >= 0.3 is 5.97 Å². The van der Waals surface area contributed by atoms with Crippen LogP contribution in [-0.2, 0) is 9.53 Å². The molecular formula is C8H18O3. The first-order valence-corrected chi connectivity index (χ1v) is 3.43. The summed E-state index contributed by atoms with van der Waals surface area (Å²) in [5.74, 6) is -0.211. The Morgan fingerprint density at radius 2 is 1.73 bits per heavy atom. The van der Waals surface area contributed by atoms with Crippen molar-refractivity contribution in [2.45, 2.75) is 20.8 Å². The van der Waals surface area contributed by atoms with E-state index in [1.165, 1.54) is 6.92 Å². The molecule has 0 rings (SSSR count). The molecule has 11 heavy (non-hydrogen) atoms. The zero-order valence-electron chi connectivity index (χ0n) is 7.59. The summed E-state index contributed by atoms with van der Waals surface area (Å²) >= 11 is 0. The minimum Gasteiger partial charge on any atom is -0.466 e. The summed E-state index contributed by atoms with van der Waals surface area (Å²) in [5.41, 5.74) is 0. The fourth-order valence-corrected chi connectivity index (χ4v) is 0.203. The molecule has 0 aromatic heterocycles. The maximum Gasteiger partial charge on any atom is 0.302 e. The molecule has 0 atom stereocenters. The number of ether oxygens (including phenoxy) is 1. The largest absolute Gasteiger partial charge is 0.466 e. The van der Waals surface area contributed by atoms with Gasteiger partial charge in [-0.1, -0.05) is 0 Å². The van der Waals surface area contributed by atoms with E-state index in [-0.39, 0.29) is 12.6 Å². The highest BCUT2D eigenvalue weighted by Gasteiger charge is 1.81. The number of esters is 1. The normalized spacial score (nSPS) is 6.18. The number of carbonyl (C=O) groups is 1. The molecule has 0 bridgehead atoms. The van der Waals surface area contributed by atoms with E-state index >= 15 is 0 Å². The van der Waals surface area contributed by atoms with Crippen LogP contribution in [-0.4, -0.2) is 24.3 Å². The topological polar surface area (TPSA) is 46.5 Å². The van der Waals surface area contributed by atoms with Gasteiger partial charge in [0.1, 0.15) is 0 Å². The van der Waals surface area contributed by atoms with E-state index in [4.69, 9.17) is 5.11 Å². The minimum absolute atomic E-state index is 0.211. The Kier molecular flexibility index (Phi) is 34.6. The zero-order valence-corrected chi connectivity index (χ0v) is 7.59. The summed E-state index contributed by atoms with van der Waals surface area (Å²) in [4.78, 5) is 9.82. The van der Waals surface area contributed by atoms with Crippen LogP contribution in [0.3, 0.4) is 0 Å². The number of carbonyl (C=O) groups excluding carboxylic acids is 1. The highest BCUT2D eigenvalue weighted by Crippen LogP contribution is 1.69. The van der Waals surface area contributed by atoms with E-state index in [1.807, 2.05) is 0 Å². The summed E-state index contributed by atoms with van der Waals surface area (Å²) < 4.78 is 4.40. The van der Waals surface area contributed by atoms with Crippen molar-refractivity contribution in [2.75, 3.05) is 13.2 Å². The van der Waals surface area contributed by atoms with Crippen LogP contribution in [0.5, 0.6) is 0 Å². The van der Waals surface area contributed by atoms with Crippen LogP contribution >= 0.6 is 0 Å². The SMILES string of the molecule is C=C.CCO.CCOC(C)=O. The predicted octanol–water partition coefficient (Wildman–Crippen LogP) is 1.37. The van der Waals surface area contributed by atoms with E-state index in [2.05, 4.69) is 17.9 Å². The van der Waals surface area contributed by atoms with E-state index in [0.29, 0.717) is 6.61 Å². The Labute approximate surface area is 68.7 Å². The average Bonchev–Trinajstić information content (AvgIpc) is 1.93. The van der Waals surface area contributed by atoms with Gasteiger partial charge < -0.3 is 9.84 Å². The quantitative estimate of drug-likeness (QED) is 0.468. The maximum absolute atomic E-state index is 9.82. The molecular weight excluding hydrogens is 144 g/mol. The van der Waals surface area contributed by atoms with Gasteiger partial charge in [-0.3, -0.25) is 4.79 Å². The molecule has 0 aromatic carbocycles. The Hall–Kier alpha value is -0.830. The van der Waals surface area contributed by atoms with Crippen molar-refractivity contribution < 1.29 is 14.6 Å². The number of hydrogen-bond acceptors (Lipinski definition) is 3. The van der Waals surface area contributed by atoms with Crippen molar-refractivity contribution in [3.8, 4) is 0 Å². The van der Waals surface area contributed by atoms with Gasteiger partial charge in [0.05, 0.1) is 6.61 Å². The van der Waals surface area contributed by atoms with Crippen molar-refractivity contribution >= 4 is 5.97 Å². The molecule has 0 fully saturated rings. The molecule has 0 radical (unpaired) electrons. The maximum atomic E-state index is 9.82. The standard InChI is InChI=1S/C4H8O2.C2H6O.C2H4/c1-3-6-4(2)5;1-2-3;1-2/h3H2,1-2H3;3H,2H2,1H3;1-2H2. The molecule has 68 valence electrons. The second-order valence-corrected chi connectivity index (χ2v) is 1.24. The Morgan fingerprint density at radius 1 is 1.45 bits per heavy atom. The van der Waals surface area contributed by atoms with Crippen molar-refractivity contribution in [3.63, 3.8) is 0 Å². The highest BCUT2D eigenvalue weighted by atomic mass is 16.5. The van der Waals surface area contributed by atoms with E-state index < -0.39 is 0 Å². The Morgan fingerprint density at radius 3 is 1.73 bits per heavy atom. The molecule has 0 aliphatic rings. The predicted molar refractivity (Wildman–Crippen MR) is 46.3 cm³/mol. The van der Waals surface area contributed by atoms with Crippen LogP contribution in [0.4, 0.5) is 0 Å². The van der Waals surface area contributed by atoms with Crippen molar-refractivity contribution in [1.82, 2.24) is 0 Å². The zero-order chi connectivity index (χ0) is 9.70. The molecule has 0 amide bonds. The van der Waals surface area contributed by atoms with Gasteiger partial charge in [0, 0.05) is 13.5 Å². The Bertz CT molecular complexity index is 71.7. The third-order valence-electron chi connectivity index (χ3n) is 0.348. The summed E-state index contributed by atoms with van der Waals surface area (Å²) in [5, 5.41) is 7.57. The van der Waals surface area contributed by atoms with Gasteiger partial charge in [0.25, 0.3) is 0 Å². The third-order valence-corrected chi connectivity index (χ3v) is 0.348. The van der Waals surface area contributed by atoms with Crippen molar-refractivity contribution in [1.29, 1.82) is 0 Å². The number of aliphatic hydroxyl groups excluding tert-OH is 1. The summed E-state index contributed by atoms with van der Waals surface area (Å²) in [6.07, 6.45) is 0. The van der Waals surface area contributed by atoms with Crippen LogP contribution in [0.1, 0.15) is 20.8 Å². The molecule has 3 heteroatoms. The lowest BCUT2D eigenvalue weighted by Gasteiger charge is -1.89. The monoisotopic (exact) mass is 162 g/mol. The highest BCUT2D eigenvalue weighted by molar-refractivity contribution is 5.65. The summed E-state index contributed by atoms with van der Waals surface area (Å²) in [6, 6.07) is 0. The fraction of sp³-hybridized carbons (Fsp3) is 0.625. The van der Waals surface area contributed by atoms with Crippen LogP contribution < -0.4 is 0 Å². The van der Waals surface area contributed by atoms with Crippen molar-refractivity contribution in [2.24, 2.45) is 0 Å². The molecule has 0 aromatic rings. The smallest absolute Gasteiger partial charge is 0.302 e. The molecule has 0 aliphatic heterocycles. The number of hydrogen-bond donors (Lipinski definition) is 1. The second kappa shape index (κ2) is 22.9. The molecule has 3 nitrogen and oxygen atoms in total. The second-order valence-electron chi connectivity index (χ2n) is 1.24. The lowest BCUT2D eigenvalue weighted by molar-refractivity contribution is -0.140. The molecule has 0 saturated heterocycles. The van der Waals surface area contributed by atoms with Crippen LogP contribution in [0, 0.1) is 0 Å². The van der Waals surface area contributed by atoms with Gasteiger partial charge in [-0.05, 0) is 13.8 Å². The van der Waals surface area contributed by atoms with Gasteiger partial charge in [-0.25, -0.2) is 0 Å². The summed E-state index contributed by atoms with van der Waals surface area (Å²) in [7, 11) is 0. The van der Waals surface area contributed by atoms with E-state index in [9.17, 15) is 4.79 Å². The van der Waals surface area contributed by atoms with Crippen LogP contribution in [0.15, 0.2) is 13.2 Å². The lowest BCUT2D eigenvalue weighted by atomic mass is 10.8. The first-order valence-electron chi connectivity index (χ1n) is 3.43. The van der Waals surface area contributed by atoms with Gasteiger partial charge in [0.15, 0.2) is 0 Å². The number of aliphatic hydroxyl groups is 1. The average molecular weight is 162 g/mol. The minimum atomic E-state index is -0.211.